The first-order valence-corrected chi connectivity index (χ1v) is 6.22. The summed E-state index contributed by atoms with van der Waals surface area (Å²) in [5.41, 5.74) is 1.88. The minimum Gasteiger partial charge on any atom is -0.481 e. The number of benzene rings is 1. The predicted molar refractivity (Wildman–Crippen MR) is 74.1 cm³/mol. The van der Waals surface area contributed by atoms with Gasteiger partial charge in [-0.15, -0.1) is 0 Å². The van der Waals surface area contributed by atoms with Crippen molar-refractivity contribution in [2.24, 2.45) is 0 Å². The number of nitrogens with zero attached hydrogens (tertiary/aromatic N) is 1. The summed E-state index contributed by atoms with van der Waals surface area (Å²) in [7, 11) is 0. The Bertz CT molecular complexity index is 580. The molecule has 1 atom stereocenters. The normalized spacial score (nSPS) is 13.8. The third-order valence-electron chi connectivity index (χ3n) is 3.41. The molecule has 3 heteroatoms. The molecular weight excluding hydrogens is 238 g/mol. The molecule has 98 valence electrons. The fourth-order valence-electron chi connectivity index (χ4n) is 2.20. The summed E-state index contributed by atoms with van der Waals surface area (Å²) in [6.07, 6.45) is 3.84. The van der Waals surface area contributed by atoms with Gasteiger partial charge in [-0.1, -0.05) is 35.9 Å². The minimum atomic E-state index is -0.935. The number of carboxylic acids is 1. The average Bonchev–Trinajstić information content (AvgIpc) is 2.39. The van der Waals surface area contributed by atoms with Crippen molar-refractivity contribution in [1.29, 1.82) is 0 Å². The molecule has 0 radical (unpaired) electrons. The molecule has 0 aliphatic rings. The highest BCUT2D eigenvalue weighted by atomic mass is 16.4. The second-order valence-electron chi connectivity index (χ2n) is 5.04. The molecule has 1 N–H and O–H groups in total. The van der Waals surface area contributed by atoms with E-state index in [0.29, 0.717) is 6.42 Å². The Labute approximate surface area is 112 Å². The topological polar surface area (TPSA) is 50.2 Å². The maximum atomic E-state index is 11.7. The van der Waals surface area contributed by atoms with E-state index in [1.165, 1.54) is 0 Å². The van der Waals surface area contributed by atoms with Gasteiger partial charge < -0.3 is 5.11 Å². The number of rotatable bonds is 4. The highest BCUT2D eigenvalue weighted by molar-refractivity contribution is 5.81. The van der Waals surface area contributed by atoms with Crippen molar-refractivity contribution in [3.8, 4) is 0 Å². The van der Waals surface area contributed by atoms with Gasteiger partial charge in [-0.25, -0.2) is 0 Å². The smallest absolute Gasteiger partial charge is 0.314 e. The molecular formula is C16H17NO2. The van der Waals surface area contributed by atoms with Crippen LogP contribution in [-0.2, 0) is 16.6 Å². The molecule has 1 unspecified atom stereocenters. The van der Waals surface area contributed by atoms with Crippen molar-refractivity contribution in [2.45, 2.75) is 25.7 Å². The molecule has 1 aromatic heterocycles. The second kappa shape index (κ2) is 5.22. The van der Waals surface area contributed by atoms with Crippen LogP contribution in [-0.4, -0.2) is 16.1 Å². The van der Waals surface area contributed by atoms with Crippen LogP contribution in [0.2, 0.25) is 0 Å². The van der Waals surface area contributed by atoms with Crippen molar-refractivity contribution in [3.05, 3.63) is 65.5 Å². The van der Waals surface area contributed by atoms with E-state index in [0.717, 1.165) is 16.7 Å². The van der Waals surface area contributed by atoms with Crippen molar-refractivity contribution in [1.82, 2.24) is 4.98 Å². The Morgan fingerprint density at radius 3 is 2.68 bits per heavy atom. The number of aromatic nitrogens is 1. The molecule has 1 heterocycles. The molecule has 0 aliphatic heterocycles. The summed E-state index contributed by atoms with van der Waals surface area (Å²) in [6.45, 7) is 3.73. The Balaban J connectivity index is 2.41. The van der Waals surface area contributed by atoms with Crippen LogP contribution in [0.4, 0.5) is 0 Å². The number of aryl methyl sites for hydroxylation is 1. The van der Waals surface area contributed by atoms with E-state index in [9.17, 15) is 9.90 Å². The molecule has 0 fully saturated rings. The van der Waals surface area contributed by atoms with E-state index in [2.05, 4.69) is 4.98 Å². The van der Waals surface area contributed by atoms with Crippen LogP contribution in [0.5, 0.6) is 0 Å². The van der Waals surface area contributed by atoms with E-state index >= 15 is 0 Å². The first kappa shape index (κ1) is 13.3. The Morgan fingerprint density at radius 1 is 1.32 bits per heavy atom. The van der Waals surface area contributed by atoms with Crippen LogP contribution in [0.3, 0.4) is 0 Å². The second-order valence-corrected chi connectivity index (χ2v) is 5.04. The lowest BCUT2D eigenvalue weighted by molar-refractivity contribution is -0.143. The first-order chi connectivity index (χ1) is 9.02. The van der Waals surface area contributed by atoms with Crippen LogP contribution < -0.4 is 0 Å². The molecule has 2 aromatic rings. The molecule has 1 aromatic carbocycles. The highest BCUT2D eigenvalue weighted by Crippen LogP contribution is 2.29. The van der Waals surface area contributed by atoms with E-state index < -0.39 is 11.4 Å². The number of carboxylic acid groups (broad SMARTS) is 1. The monoisotopic (exact) mass is 255 g/mol. The summed E-state index contributed by atoms with van der Waals surface area (Å²) in [4.78, 5) is 15.8. The standard InChI is InChI=1S/C16H17NO2/c1-12-5-3-7-14(9-12)16(2,15(18)19)10-13-6-4-8-17-11-13/h3-9,11H,10H2,1-2H3,(H,18,19). The third-order valence-corrected chi connectivity index (χ3v) is 3.41. The molecule has 3 nitrogen and oxygen atoms in total. The van der Waals surface area contributed by atoms with Crippen molar-refractivity contribution in [3.63, 3.8) is 0 Å². The summed E-state index contributed by atoms with van der Waals surface area (Å²) in [5.74, 6) is -0.818. The Kier molecular flexibility index (Phi) is 3.65. The number of hydrogen-bond acceptors (Lipinski definition) is 2. The average molecular weight is 255 g/mol. The van der Waals surface area contributed by atoms with Gasteiger partial charge in [0.15, 0.2) is 0 Å². The zero-order valence-corrected chi connectivity index (χ0v) is 11.1. The molecule has 0 saturated carbocycles. The molecule has 0 aliphatic carbocycles. The lowest BCUT2D eigenvalue weighted by Gasteiger charge is -2.25. The largest absolute Gasteiger partial charge is 0.481 e. The van der Waals surface area contributed by atoms with Crippen molar-refractivity contribution >= 4 is 5.97 Å². The van der Waals surface area contributed by atoms with Gasteiger partial charge in [-0.2, -0.15) is 0 Å². The molecule has 2 rings (SSSR count). The number of pyridine rings is 1. The quantitative estimate of drug-likeness (QED) is 0.913. The van der Waals surface area contributed by atoms with Gasteiger partial charge in [-0.3, -0.25) is 9.78 Å². The number of carbonyl (C=O) groups is 1. The molecule has 0 bridgehead atoms. The molecule has 0 spiro atoms. The summed E-state index contributed by atoms with van der Waals surface area (Å²) >= 11 is 0. The fraction of sp³-hybridized carbons (Fsp3) is 0.250. The summed E-state index contributed by atoms with van der Waals surface area (Å²) in [6, 6.07) is 11.4. The van der Waals surface area contributed by atoms with Gasteiger partial charge in [0.25, 0.3) is 0 Å². The predicted octanol–water partition coefficient (Wildman–Crippen LogP) is 2.98. The molecule has 19 heavy (non-hydrogen) atoms. The van der Waals surface area contributed by atoms with Crippen molar-refractivity contribution < 1.29 is 9.90 Å². The Morgan fingerprint density at radius 2 is 2.11 bits per heavy atom. The maximum Gasteiger partial charge on any atom is 0.314 e. The SMILES string of the molecule is Cc1cccc(C(C)(Cc2cccnc2)C(=O)O)c1. The van der Waals surface area contributed by atoms with Gasteiger partial charge in [0.2, 0.25) is 0 Å². The van der Waals surface area contributed by atoms with Crippen molar-refractivity contribution in [2.75, 3.05) is 0 Å². The zero-order valence-electron chi connectivity index (χ0n) is 11.1. The molecule has 0 saturated heterocycles. The maximum absolute atomic E-state index is 11.7. The zero-order chi connectivity index (χ0) is 13.9. The van der Waals surface area contributed by atoms with Gasteiger partial charge >= 0.3 is 5.97 Å². The van der Waals surface area contributed by atoms with Crippen LogP contribution in [0.15, 0.2) is 48.8 Å². The van der Waals surface area contributed by atoms with Gasteiger partial charge in [0.05, 0.1) is 5.41 Å². The molecule has 0 amide bonds. The van der Waals surface area contributed by atoms with Crippen LogP contribution in [0.25, 0.3) is 0 Å². The van der Waals surface area contributed by atoms with Gasteiger partial charge in [-0.05, 0) is 37.5 Å². The lowest BCUT2D eigenvalue weighted by Crippen LogP contribution is -2.34. The van der Waals surface area contributed by atoms with E-state index in [4.69, 9.17) is 0 Å². The number of aliphatic carboxylic acids is 1. The van der Waals surface area contributed by atoms with E-state index in [1.54, 1.807) is 19.3 Å². The summed E-state index contributed by atoms with van der Waals surface area (Å²) < 4.78 is 0. The third kappa shape index (κ3) is 2.81. The number of hydrogen-bond donors (Lipinski definition) is 1. The Hall–Kier alpha value is -2.16. The van der Waals surface area contributed by atoms with E-state index in [-0.39, 0.29) is 0 Å². The lowest BCUT2D eigenvalue weighted by atomic mass is 9.77. The van der Waals surface area contributed by atoms with Crippen LogP contribution >= 0.6 is 0 Å². The fourth-order valence-corrected chi connectivity index (χ4v) is 2.20. The first-order valence-electron chi connectivity index (χ1n) is 6.22. The van der Waals surface area contributed by atoms with Gasteiger partial charge in [0.1, 0.15) is 0 Å². The summed E-state index contributed by atoms with van der Waals surface area (Å²) in [5, 5.41) is 9.62. The van der Waals surface area contributed by atoms with Crippen LogP contribution in [0, 0.1) is 6.92 Å². The van der Waals surface area contributed by atoms with Gasteiger partial charge in [0, 0.05) is 12.4 Å². The van der Waals surface area contributed by atoms with E-state index in [1.807, 2.05) is 43.3 Å². The van der Waals surface area contributed by atoms with Crippen LogP contribution in [0.1, 0.15) is 23.6 Å². The minimum absolute atomic E-state index is 0.430. The highest BCUT2D eigenvalue weighted by Gasteiger charge is 2.35.